The third-order valence-electron chi connectivity index (χ3n) is 5.55. The third-order valence-corrected chi connectivity index (χ3v) is 5.55. The molecule has 0 saturated carbocycles. The van der Waals surface area contributed by atoms with Gasteiger partial charge in [-0.25, -0.2) is 0 Å². The van der Waals surface area contributed by atoms with Crippen molar-refractivity contribution >= 4 is 11.9 Å². The number of carbonyl (C=O) groups excluding carboxylic acids is 2. The zero-order chi connectivity index (χ0) is 17.2. The normalized spacial score (nSPS) is 28.2. The number of nitrogens with zero attached hydrogens (tertiary/aromatic N) is 3. The first-order valence-electron chi connectivity index (χ1n) is 8.85. The van der Waals surface area contributed by atoms with Crippen LogP contribution in [0.4, 0.5) is 0 Å². The average molecular weight is 331 g/mol. The number of aryl methyl sites for hydroxylation is 1. The van der Waals surface area contributed by atoms with Crippen LogP contribution in [0.2, 0.25) is 0 Å². The molecule has 3 rings (SSSR count). The molecule has 0 unspecified atom stereocenters. The Bertz CT molecular complexity index is 607. The van der Waals surface area contributed by atoms with Crippen molar-refractivity contribution in [2.75, 3.05) is 6.61 Å². The molecule has 0 spiro atoms. The summed E-state index contributed by atoms with van der Waals surface area (Å²) in [5.74, 6) is -0.0146. The van der Waals surface area contributed by atoms with E-state index >= 15 is 0 Å². The molecule has 24 heavy (non-hydrogen) atoms. The Labute approximate surface area is 142 Å². The molecule has 0 N–H and O–H groups in total. The lowest BCUT2D eigenvalue weighted by atomic mass is 9.72. The average Bonchev–Trinajstić information content (AvgIpc) is 3.17. The Balaban J connectivity index is 1.70. The van der Waals surface area contributed by atoms with E-state index in [1.807, 2.05) is 18.7 Å². The summed E-state index contributed by atoms with van der Waals surface area (Å²) in [5.41, 5.74) is 0.311. The molecule has 1 amide bonds. The van der Waals surface area contributed by atoms with Crippen LogP contribution in [-0.2, 0) is 20.7 Å². The van der Waals surface area contributed by atoms with Crippen molar-refractivity contribution < 1.29 is 14.3 Å². The molecule has 2 aliphatic heterocycles. The van der Waals surface area contributed by atoms with Gasteiger partial charge in [-0.2, -0.15) is 0 Å². The molecule has 6 nitrogen and oxygen atoms in total. The first-order valence-corrected chi connectivity index (χ1v) is 8.85. The van der Waals surface area contributed by atoms with E-state index in [4.69, 9.17) is 4.74 Å². The van der Waals surface area contributed by atoms with Crippen molar-refractivity contribution in [1.29, 1.82) is 0 Å². The number of esters is 1. The predicted octanol–water partition coefficient (Wildman–Crippen LogP) is 2.13. The summed E-state index contributed by atoms with van der Waals surface area (Å²) in [6.07, 6.45) is 9.31. The van der Waals surface area contributed by atoms with E-state index in [-0.39, 0.29) is 24.0 Å². The van der Waals surface area contributed by atoms with Crippen molar-refractivity contribution in [2.24, 2.45) is 5.41 Å². The molecule has 0 aromatic carbocycles. The van der Waals surface area contributed by atoms with Gasteiger partial charge in [0.1, 0.15) is 0 Å². The van der Waals surface area contributed by atoms with Gasteiger partial charge in [-0.05, 0) is 39.0 Å². The number of aromatic nitrogens is 2. The monoisotopic (exact) mass is 331 g/mol. The topological polar surface area (TPSA) is 72.4 Å². The fourth-order valence-electron chi connectivity index (χ4n) is 4.40. The Hall–Kier alpha value is -1.98. The van der Waals surface area contributed by atoms with E-state index in [2.05, 4.69) is 9.97 Å². The highest BCUT2D eigenvalue weighted by molar-refractivity contribution is 5.83. The number of fused-ring (bicyclic) bond motifs is 2. The molecule has 0 radical (unpaired) electrons. The maximum absolute atomic E-state index is 12.8. The van der Waals surface area contributed by atoms with Crippen LogP contribution in [0.1, 0.15) is 51.6 Å². The van der Waals surface area contributed by atoms with Crippen LogP contribution in [-0.4, -0.2) is 45.4 Å². The van der Waals surface area contributed by atoms with Crippen LogP contribution in [0, 0.1) is 5.41 Å². The first-order chi connectivity index (χ1) is 11.6. The summed E-state index contributed by atoms with van der Waals surface area (Å²) < 4.78 is 5.33. The van der Waals surface area contributed by atoms with Crippen molar-refractivity contribution in [3.63, 3.8) is 0 Å². The fraction of sp³-hybridized carbons (Fsp3) is 0.667. The van der Waals surface area contributed by atoms with Crippen LogP contribution in [0.3, 0.4) is 0 Å². The zero-order valence-electron chi connectivity index (χ0n) is 14.4. The van der Waals surface area contributed by atoms with Crippen LogP contribution in [0.15, 0.2) is 18.6 Å². The molecule has 130 valence electrons. The van der Waals surface area contributed by atoms with Crippen LogP contribution in [0.25, 0.3) is 0 Å². The van der Waals surface area contributed by atoms with E-state index in [1.54, 1.807) is 18.6 Å². The summed E-state index contributed by atoms with van der Waals surface area (Å²) in [7, 11) is 0. The van der Waals surface area contributed by atoms with Crippen LogP contribution >= 0.6 is 0 Å². The van der Waals surface area contributed by atoms with Crippen molar-refractivity contribution in [3.05, 3.63) is 24.3 Å². The summed E-state index contributed by atoms with van der Waals surface area (Å²) in [5, 5.41) is 0. The van der Waals surface area contributed by atoms with E-state index in [9.17, 15) is 9.59 Å². The first kappa shape index (κ1) is 16.9. The molecule has 3 atom stereocenters. The second-order valence-corrected chi connectivity index (χ2v) is 6.68. The van der Waals surface area contributed by atoms with E-state index in [0.717, 1.165) is 31.4 Å². The second-order valence-electron chi connectivity index (χ2n) is 6.68. The number of amides is 1. The quantitative estimate of drug-likeness (QED) is 0.747. The summed E-state index contributed by atoms with van der Waals surface area (Å²) in [4.78, 5) is 35.6. The Morgan fingerprint density at radius 2 is 2.17 bits per heavy atom. The Kier molecular flexibility index (Phi) is 4.83. The van der Waals surface area contributed by atoms with Gasteiger partial charge < -0.3 is 9.64 Å². The largest absolute Gasteiger partial charge is 0.466 e. The number of hydrogen-bond acceptors (Lipinski definition) is 5. The van der Waals surface area contributed by atoms with Gasteiger partial charge in [-0.1, -0.05) is 6.92 Å². The summed E-state index contributed by atoms with van der Waals surface area (Å²) in [6.45, 7) is 4.25. The van der Waals surface area contributed by atoms with Crippen molar-refractivity contribution in [1.82, 2.24) is 14.9 Å². The molecule has 2 bridgehead atoms. The third kappa shape index (κ3) is 2.78. The molecule has 2 aliphatic rings. The molecule has 3 heterocycles. The second kappa shape index (κ2) is 6.87. The smallest absolute Gasteiger partial charge is 0.314 e. The minimum Gasteiger partial charge on any atom is -0.466 e. The Morgan fingerprint density at radius 3 is 2.83 bits per heavy atom. The molecular weight excluding hydrogens is 306 g/mol. The van der Waals surface area contributed by atoms with Gasteiger partial charge in [0, 0.05) is 37.1 Å². The van der Waals surface area contributed by atoms with E-state index < -0.39 is 5.41 Å². The maximum atomic E-state index is 12.8. The molecule has 2 saturated heterocycles. The molecule has 1 aromatic heterocycles. The lowest BCUT2D eigenvalue weighted by Gasteiger charge is -2.34. The summed E-state index contributed by atoms with van der Waals surface area (Å²) in [6, 6.07) is 0.162. The predicted molar refractivity (Wildman–Crippen MR) is 88.0 cm³/mol. The number of carbonyl (C=O) groups is 2. The van der Waals surface area contributed by atoms with Gasteiger partial charge in [0.2, 0.25) is 5.91 Å². The lowest BCUT2D eigenvalue weighted by molar-refractivity contribution is -0.158. The van der Waals surface area contributed by atoms with E-state index in [1.165, 1.54) is 0 Å². The van der Waals surface area contributed by atoms with Crippen molar-refractivity contribution in [3.8, 4) is 0 Å². The van der Waals surface area contributed by atoms with Gasteiger partial charge in [-0.3, -0.25) is 19.6 Å². The van der Waals surface area contributed by atoms with E-state index in [0.29, 0.717) is 19.4 Å². The maximum Gasteiger partial charge on any atom is 0.314 e. The number of hydrogen-bond donors (Lipinski definition) is 0. The van der Waals surface area contributed by atoms with Crippen LogP contribution in [0.5, 0.6) is 0 Å². The number of rotatable bonds is 6. The minimum absolute atomic E-state index is 0.0130. The van der Waals surface area contributed by atoms with Gasteiger partial charge in [-0.15, -0.1) is 0 Å². The van der Waals surface area contributed by atoms with Crippen molar-refractivity contribution in [2.45, 2.75) is 64.5 Å². The summed E-state index contributed by atoms with van der Waals surface area (Å²) >= 11 is 0. The van der Waals surface area contributed by atoms with Crippen LogP contribution < -0.4 is 0 Å². The fourth-order valence-corrected chi connectivity index (χ4v) is 4.40. The molecule has 2 fully saturated rings. The van der Waals surface area contributed by atoms with Gasteiger partial charge in [0.05, 0.1) is 17.7 Å². The van der Waals surface area contributed by atoms with Gasteiger partial charge in [0.15, 0.2) is 0 Å². The lowest BCUT2D eigenvalue weighted by Crippen LogP contribution is -2.45. The molecular formula is C18H25N3O3. The van der Waals surface area contributed by atoms with Gasteiger partial charge >= 0.3 is 5.97 Å². The highest BCUT2D eigenvalue weighted by Crippen LogP contribution is 2.52. The standard InChI is InChI=1S/C18H25N3O3/c1-3-18(17(23)24-4-2)11-14-6-7-15(18)21(14)16(22)8-5-13-12-19-9-10-20-13/h9-10,12,14-15H,3-8,11H2,1-2H3/t14-,15+,18+/m1/s1. The Morgan fingerprint density at radius 1 is 1.33 bits per heavy atom. The molecule has 1 aromatic rings. The zero-order valence-corrected chi connectivity index (χ0v) is 14.4. The minimum atomic E-state index is -0.513. The van der Waals surface area contributed by atoms with Gasteiger partial charge in [0.25, 0.3) is 0 Å². The molecule has 6 heteroatoms. The SMILES string of the molecule is CCOC(=O)[C@@]1(CC)C[C@H]2CC[C@@H]1N2C(=O)CCc1cnccn1. The highest BCUT2D eigenvalue weighted by Gasteiger charge is 2.60. The molecule has 0 aliphatic carbocycles. The number of ether oxygens (including phenoxy) is 1. The highest BCUT2D eigenvalue weighted by atomic mass is 16.5.